The molecule has 0 saturated carbocycles. The predicted octanol–water partition coefficient (Wildman–Crippen LogP) is 6.19. The highest BCUT2D eigenvalue weighted by atomic mass is 127. The zero-order valence-corrected chi connectivity index (χ0v) is 24.1. The van der Waals surface area contributed by atoms with Crippen molar-refractivity contribution in [1.82, 2.24) is 10.6 Å². The number of rotatable bonds is 10. The second-order valence-electron chi connectivity index (χ2n) is 8.34. The molecule has 0 spiro atoms. The fourth-order valence-electron chi connectivity index (χ4n) is 3.28. The summed E-state index contributed by atoms with van der Waals surface area (Å²) >= 11 is 4.32. The van der Waals surface area contributed by atoms with Crippen LogP contribution in [0.2, 0.25) is 0 Å². The number of hydrogen-bond donors (Lipinski definition) is 2. The van der Waals surface area contributed by atoms with E-state index in [1.807, 2.05) is 30.3 Å². The van der Waals surface area contributed by atoms with Gasteiger partial charge in [-0.05, 0) is 112 Å². The lowest BCUT2D eigenvalue weighted by Gasteiger charge is -2.22. The van der Waals surface area contributed by atoms with Crippen LogP contribution in [0.1, 0.15) is 52.7 Å². The van der Waals surface area contributed by atoms with Crippen LogP contribution >= 0.6 is 45.2 Å². The van der Waals surface area contributed by atoms with Crippen molar-refractivity contribution < 1.29 is 19.1 Å². The lowest BCUT2D eigenvalue weighted by atomic mass is 10.1. The Kier molecular flexibility index (Phi) is 10.2. The first-order valence-electron chi connectivity index (χ1n) is 11.2. The van der Waals surface area contributed by atoms with Crippen molar-refractivity contribution in [3.8, 4) is 11.5 Å². The van der Waals surface area contributed by atoms with Gasteiger partial charge in [-0.3, -0.25) is 9.59 Å². The van der Waals surface area contributed by atoms with Gasteiger partial charge in [-0.1, -0.05) is 32.0 Å². The molecule has 35 heavy (non-hydrogen) atoms. The third-order valence-electron chi connectivity index (χ3n) is 5.20. The molecule has 8 heteroatoms. The van der Waals surface area contributed by atoms with Crippen LogP contribution in [0.15, 0.2) is 66.7 Å². The van der Waals surface area contributed by atoms with Crippen LogP contribution in [0, 0.1) is 13.1 Å². The first-order valence-corrected chi connectivity index (χ1v) is 13.4. The second-order valence-corrected chi connectivity index (χ2v) is 10.8. The average molecular weight is 698 g/mol. The van der Waals surface area contributed by atoms with Crippen molar-refractivity contribution in [3.63, 3.8) is 0 Å². The Balaban J connectivity index is 1.89. The zero-order valence-electron chi connectivity index (χ0n) is 19.8. The van der Waals surface area contributed by atoms with Gasteiger partial charge in [-0.15, -0.1) is 0 Å². The molecular formula is C27H28I2N2O4. The molecule has 2 N–H and O–H groups in total. The number of nitrogens with one attached hydrogen (secondary N) is 2. The molecule has 0 heterocycles. The molecule has 184 valence electrons. The summed E-state index contributed by atoms with van der Waals surface area (Å²) in [5, 5.41) is 5.90. The van der Waals surface area contributed by atoms with Gasteiger partial charge in [0.2, 0.25) is 0 Å². The van der Waals surface area contributed by atoms with Crippen molar-refractivity contribution in [2.45, 2.75) is 26.4 Å². The summed E-state index contributed by atoms with van der Waals surface area (Å²) < 4.78 is 13.3. The number of amides is 2. The van der Waals surface area contributed by atoms with Crippen LogP contribution in [0.3, 0.4) is 0 Å². The standard InChI is InChI=1S/C27H28I2N2O4/c1-17(2)12-13-35-23-11-10-18(16-24(23)34-3)25(30-26(32)19-6-4-8-21(28)14-19)31-27(33)20-7-5-9-22(29)15-20/h4-11,14-17,25H,12-13H2,1-3H3,(H,30,32)(H,31,33). The highest BCUT2D eigenvalue weighted by Gasteiger charge is 2.21. The van der Waals surface area contributed by atoms with Crippen LogP contribution < -0.4 is 20.1 Å². The molecule has 0 aromatic heterocycles. The van der Waals surface area contributed by atoms with Crippen LogP contribution in [0.5, 0.6) is 11.5 Å². The molecule has 2 amide bonds. The Bertz CT molecular complexity index is 1120. The molecule has 3 rings (SSSR count). The van der Waals surface area contributed by atoms with Gasteiger partial charge < -0.3 is 20.1 Å². The maximum Gasteiger partial charge on any atom is 0.253 e. The monoisotopic (exact) mass is 698 g/mol. The molecule has 0 aliphatic carbocycles. The van der Waals surface area contributed by atoms with Crippen molar-refractivity contribution in [2.24, 2.45) is 5.92 Å². The fraction of sp³-hybridized carbons (Fsp3) is 0.259. The Morgan fingerprint density at radius 1 is 0.829 bits per heavy atom. The summed E-state index contributed by atoms with van der Waals surface area (Å²) in [6.07, 6.45) is 0.134. The van der Waals surface area contributed by atoms with Crippen LogP contribution in [0.4, 0.5) is 0 Å². The van der Waals surface area contributed by atoms with E-state index >= 15 is 0 Å². The lowest BCUT2D eigenvalue weighted by Crippen LogP contribution is -2.41. The zero-order chi connectivity index (χ0) is 25.4. The number of methoxy groups -OCH3 is 1. The number of carbonyl (C=O) groups is 2. The largest absolute Gasteiger partial charge is 0.493 e. The van der Waals surface area contributed by atoms with Gasteiger partial charge in [0.05, 0.1) is 13.7 Å². The van der Waals surface area contributed by atoms with Crippen molar-refractivity contribution in [2.75, 3.05) is 13.7 Å². The van der Waals surface area contributed by atoms with Crippen molar-refractivity contribution >= 4 is 57.0 Å². The first-order chi connectivity index (χ1) is 16.8. The molecule has 3 aromatic rings. The summed E-state index contributed by atoms with van der Waals surface area (Å²) in [5.74, 6) is 1.07. The second kappa shape index (κ2) is 13.1. The number of carbonyl (C=O) groups excluding carboxylic acids is 2. The Labute approximate surface area is 233 Å². The topological polar surface area (TPSA) is 76.7 Å². The third-order valence-corrected chi connectivity index (χ3v) is 6.54. The summed E-state index contributed by atoms with van der Waals surface area (Å²) in [5.41, 5.74) is 1.67. The SMILES string of the molecule is COc1cc(C(NC(=O)c2cccc(I)c2)NC(=O)c2cccc(I)c2)ccc1OCCC(C)C. The summed E-state index contributed by atoms with van der Waals surface area (Å²) in [7, 11) is 1.57. The average Bonchev–Trinajstić information content (AvgIpc) is 2.83. The van der Waals surface area contributed by atoms with E-state index in [0.717, 1.165) is 13.6 Å². The van der Waals surface area contributed by atoms with Gasteiger partial charge in [-0.25, -0.2) is 0 Å². The van der Waals surface area contributed by atoms with E-state index < -0.39 is 6.17 Å². The maximum absolute atomic E-state index is 13.1. The highest BCUT2D eigenvalue weighted by Crippen LogP contribution is 2.30. The van der Waals surface area contributed by atoms with E-state index in [2.05, 4.69) is 69.7 Å². The first kappa shape index (κ1) is 27.3. The molecule has 0 unspecified atom stereocenters. The summed E-state index contributed by atoms with van der Waals surface area (Å²) in [6, 6.07) is 19.9. The molecular weight excluding hydrogens is 670 g/mol. The van der Waals surface area contributed by atoms with E-state index in [4.69, 9.17) is 9.47 Å². The van der Waals surface area contributed by atoms with Gasteiger partial charge in [0, 0.05) is 18.3 Å². The smallest absolute Gasteiger partial charge is 0.253 e. The summed E-state index contributed by atoms with van der Waals surface area (Å²) in [6.45, 7) is 4.85. The molecule has 0 atom stereocenters. The number of halogens is 2. The minimum atomic E-state index is -0.788. The highest BCUT2D eigenvalue weighted by molar-refractivity contribution is 14.1. The van der Waals surface area contributed by atoms with Crippen LogP contribution in [0.25, 0.3) is 0 Å². The molecule has 0 saturated heterocycles. The minimum absolute atomic E-state index is 0.298. The Hall–Kier alpha value is -2.34. The van der Waals surface area contributed by atoms with Crippen LogP contribution in [-0.4, -0.2) is 25.5 Å². The van der Waals surface area contributed by atoms with E-state index in [9.17, 15) is 9.59 Å². The molecule has 6 nitrogen and oxygen atoms in total. The predicted molar refractivity (Wildman–Crippen MR) is 154 cm³/mol. The third kappa shape index (κ3) is 8.09. The van der Waals surface area contributed by atoms with Crippen molar-refractivity contribution in [1.29, 1.82) is 0 Å². The van der Waals surface area contributed by atoms with Crippen molar-refractivity contribution in [3.05, 3.63) is 90.6 Å². The van der Waals surface area contributed by atoms with E-state index in [0.29, 0.717) is 40.7 Å². The van der Waals surface area contributed by atoms with Gasteiger partial charge in [0.1, 0.15) is 6.17 Å². The minimum Gasteiger partial charge on any atom is -0.493 e. The molecule has 0 bridgehead atoms. The maximum atomic E-state index is 13.1. The number of ether oxygens (including phenoxy) is 2. The van der Waals surface area contributed by atoms with Gasteiger partial charge in [0.25, 0.3) is 11.8 Å². The van der Waals surface area contributed by atoms with E-state index in [-0.39, 0.29) is 11.8 Å². The fourth-order valence-corrected chi connectivity index (χ4v) is 4.36. The normalized spacial score (nSPS) is 10.8. The Morgan fingerprint density at radius 3 is 1.89 bits per heavy atom. The molecule has 0 fully saturated rings. The number of benzene rings is 3. The van der Waals surface area contributed by atoms with E-state index in [1.165, 1.54) is 0 Å². The summed E-state index contributed by atoms with van der Waals surface area (Å²) in [4.78, 5) is 26.1. The Morgan fingerprint density at radius 2 is 1.40 bits per heavy atom. The van der Waals surface area contributed by atoms with Gasteiger partial charge >= 0.3 is 0 Å². The quantitative estimate of drug-likeness (QED) is 0.196. The molecule has 0 radical (unpaired) electrons. The van der Waals surface area contributed by atoms with E-state index in [1.54, 1.807) is 43.5 Å². The van der Waals surface area contributed by atoms with Gasteiger partial charge in [0.15, 0.2) is 11.5 Å². The lowest BCUT2D eigenvalue weighted by molar-refractivity contribution is 0.0883. The molecule has 0 aliphatic rings. The van der Waals surface area contributed by atoms with Gasteiger partial charge in [-0.2, -0.15) is 0 Å². The number of hydrogen-bond acceptors (Lipinski definition) is 4. The van der Waals surface area contributed by atoms with Crippen LogP contribution in [-0.2, 0) is 0 Å². The molecule has 3 aromatic carbocycles. The molecule has 0 aliphatic heterocycles.